The first-order valence-corrected chi connectivity index (χ1v) is 19.9. The van der Waals surface area contributed by atoms with Crippen molar-refractivity contribution in [2.75, 3.05) is 63.2 Å². The van der Waals surface area contributed by atoms with E-state index in [-0.39, 0.29) is 62.9 Å². The summed E-state index contributed by atoms with van der Waals surface area (Å²) < 4.78 is 83.0. The van der Waals surface area contributed by atoms with Crippen LogP contribution in [0.15, 0.2) is 48.8 Å². The monoisotopic (exact) mass is 801 g/mol. The zero-order valence-corrected chi connectivity index (χ0v) is 31.5. The molecule has 0 unspecified atom stereocenters. The topological polar surface area (TPSA) is 148 Å². The van der Waals surface area contributed by atoms with Crippen molar-refractivity contribution in [1.29, 1.82) is 0 Å². The van der Waals surface area contributed by atoms with E-state index in [1.165, 1.54) is 41.0 Å². The number of pyridine rings is 1. The van der Waals surface area contributed by atoms with Crippen LogP contribution in [-0.4, -0.2) is 90.2 Å². The second kappa shape index (κ2) is 18.2. The molecule has 3 fully saturated rings. The van der Waals surface area contributed by atoms with Gasteiger partial charge in [-0.1, -0.05) is 35.3 Å². The van der Waals surface area contributed by atoms with Gasteiger partial charge in [-0.25, -0.2) is 18.2 Å². The van der Waals surface area contributed by atoms with Gasteiger partial charge in [0, 0.05) is 38.2 Å². The lowest BCUT2D eigenvalue weighted by atomic mass is 10.0. The van der Waals surface area contributed by atoms with Gasteiger partial charge in [-0.05, 0) is 67.3 Å². The standard InChI is InChI=1S/C36H41Cl2F2N3O8S.H2O/c1-52(45,46)43(12-11-42-13-15-47-16-14-42)30-4-2-3-26(34(30)49-22-24-7-8-24)35(44)50-32(18-27-28(37)19-41-20-29(27)38)25-9-10-31(51-36(39)40)33(17-25)48-21-23-5-6-23;/h2-4,9-10,17,19-20,23-24,32,36H,5-8,11-16,18,21-22H2,1H3;1H2/t32-;/m0./s1. The van der Waals surface area contributed by atoms with Gasteiger partial charge in [0.15, 0.2) is 29.6 Å². The van der Waals surface area contributed by atoms with Crippen molar-refractivity contribution in [2.45, 2.75) is 44.8 Å². The average molecular weight is 803 g/mol. The van der Waals surface area contributed by atoms with Gasteiger partial charge in [-0.3, -0.25) is 9.21 Å². The number of aromatic amines is 1. The molecule has 2 heterocycles. The van der Waals surface area contributed by atoms with Crippen LogP contribution in [0.5, 0.6) is 17.2 Å². The number of rotatable bonds is 18. The van der Waals surface area contributed by atoms with Gasteiger partial charge < -0.3 is 29.2 Å². The van der Waals surface area contributed by atoms with Gasteiger partial charge in [0.1, 0.15) is 21.7 Å². The van der Waals surface area contributed by atoms with Gasteiger partial charge >= 0.3 is 12.6 Å². The fourth-order valence-electron chi connectivity index (χ4n) is 5.84. The number of H-pyrrole nitrogens is 1. The largest absolute Gasteiger partial charge is 0.870 e. The van der Waals surface area contributed by atoms with E-state index >= 15 is 0 Å². The van der Waals surface area contributed by atoms with Gasteiger partial charge in [0.25, 0.3) is 0 Å². The summed E-state index contributed by atoms with van der Waals surface area (Å²) in [6.07, 6.45) is 7.01. The Morgan fingerprint density at radius 1 is 1.00 bits per heavy atom. The lowest BCUT2D eigenvalue weighted by Crippen LogP contribution is -2.43. The Hall–Kier alpha value is -3.47. The van der Waals surface area contributed by atoms with Crippen LogP contribution in [0.3, 0.4) is 0 Å². The Balaban J connectivity index is 0.00000541. The number of nitrogens with one attached hydrogen (secondary N) is 1. The number of carbonyl (C=O) groups excluding carboxylic acids is 1. The molecule has 1 saturated heterocycles. The maximum atomic E-state index is 14.3. The number of nitrogens with zero attached hydrogens (tertiary/aromatic N) is 2. The highest BCUT2D eigenvalue weighted by atomic mass is 35.5. The van der Waals surface area contributed by atoms with Gasteiger partial charge in [0.2, 0.25) is 10.0 Å². The van der Waals surface area contributed by atoms with E-state index in [1.807, 2.05) is 0 Å². The summed E-state index contributed by atoms with van der Waals surface area (Å²) in [6, 6.07) is 9.08. The van der Waals surface area contributed by atoms with E-state index in [0.29, 0.717) is 63.1 Å². The van der Waals surface area contributed by atoms with Crippen LogP contribution in [0.2, 0.25) is 10.0 Å². The summed E-state index contributed by atoms with van der Waals surface area (Å²) in [7, 11) is -3.82. The molecule has 17 heteroatoms. The molecule has 3 aromatic rings. The number of sulfonamides is 1. The Labute approximate surface area is 317 Å². The number of hydrogen-bond donors (Lipinski definition) is 0. The Bertz CT molecular complexity index is 1810. The molecule has 2 saturated carbocycles. The highest BCUT2D eigenvalue weighted by molar-refractivity contribution is 7.92. The van der Waals surface area contributed by atoms with Gasteiger partial charge in [0.05, 0.1) is 38.4 Å². The highest BCUT2D eigenvalue weighted by Gasteiger charge is 2.32. The SMILES string of the molecule is CS(=O)(=O)N(CCN1CCOCC1)c1cccc(C(=O)O[C@@H](Cc2c(Cl)c[nH+]cc2Cl)c2ccc(OC(F)F)c(OCC3CC3)c2)c1OCC1CC1.[OH-]. The van der Waals surface area contributed by atoms with Crippen molar-refractivity contribution in [2.24, 2.45) is 11.8 Å². The van der Waals surface area contributed by atoms with Crippen molar-refractivity contribution in [3.8, 4) is 17.2 Å². The maximum absolute atomic E-state index is 14.3. The molecule has 0 spiro atoms. The van der Waals surface area contributed by atoms with Crippen LogP contribution < -0.4 is 23.5 Å². The van der Waals surface area contributed by atoms with E-state index < -0.39 is 28.7 Å². The summed E-state index contributed by atoms with van der Waals surface area (Å²) in [4.78, 5) is 19.3. The predicted molar refractivity (Wildman–Crippen MR) is 192 cm³/mol. The van der Waals surface area contributed by atoms with Crippen LogP contribution in [-0.2, 0) is 25.9 Å². The number of alkyl halides is 2. The molecule has 1 atom stereocenters. The van der Waals surface area contributed by atoms with Crippen molar-refractivity contribution in [1.82, 2.24) is 4.90 Å². The number of esters is 1. The number of carbonyl (C=O) groups is 1. The van der Waals surface area contributed by atoms with Gasteiger partial charge in [-0.15, -0.1) is 0 Å². The second-order valence-corrected chi connectivity index (χ2v) is 16.0. The molecule has 290 valence electrons. The number of benzene rings is 2. The predicted octanol–water partition coefficient (Wildman–Crippen LogP) is 6.05. The smallest absolute Gasteiger partial charge is 0.387 e. The first kappa shape index (κ1) is 40.7. The fourth-order valence-corrected chi connectivity index (χ4v) is 7.29. The van der Waals surface area contributed by atoms with Crippen LogP contribution in [0, 0.1) is 11.8 Å². The number of aromatic nitrogens is 1. The second-order valence-electron chi connectivity index (χ2n) is 13.3. The summed E-state index contributed by atoms with van der Waals surface area (Å²) >= 11 is 13.1. The highest BCUT2D eigenvalue weighted by Crippen LogP contribution is 2.40. The first-order chi connectivity index (χ1) is 25.0. The van der Waals surface area contributed by atoms with Crippen LogP contribution >= 0.6 is 23.2 Å². The molecular weight excluding hydrogens is 759 g/mol. The third kappa shape index (κ3) is 11.3. The molecule has 1 aromatic heterocycles. The molecule has 12 nitrogen and oxygen atoms in total. The van der Waals surface area contributed by atoms with Crippen molar-refractivity contribution < 1.29 is 56.1 Å². The van der Waals surface area contributed by atoms with E-state index in [2.05, 4.69) is 9.88 Å². The molecule has 2 aromatic carbocycles. The minimum absolute atomic E-state index is 0. The summed E-state index contributed by atoms with van der Waals surface area (Å²) in [6.45, 7) is 0.564. The quantitative estimate of drug-likeness (QED) is 0.139. The lowest BCUT2D eigenvalue weighted by Gasteiger charge is -2.31. The minimum Gasteiger partial charge on any atom is -0.870 e. The third-order valence-corrected chi connectivity index (χ3v) is 11.0. The van der Waals surface area contributed by atoms with E-state index in [1.54, 1.807) is 12.1 Å². The van der Waals surface area contributed by atoms with Crippen molar-refractivity contribution in [3.63, 3.8) is 0 Å². The summed E-state index contributed by atoms with van der Waals surface area (Å²) in [5.41, 5.74) is 1.11. The molecule has 0 radical (unpaired) electrons. The molecular formula is C36H43Cl2F2N3O9S. The number of morpholine rings is 1. The fraction of sp³-hybridized carbons (Fsp3) is 0.500. The van der Waals surface area contributed by atoms with Crippen LogP contribution in [0.1, 0.15) is 53.3 Å². The lowest BCUT2D eigenvalue weighted by molar-refractivity contribution is -0.377. The Kier molecular flexibility index (Phi) is 14.0. The van der Waals surface area contributed by atoms with E-state index in [4.69, 9.17) is 46.9 Å². The zero-order valence-electron chi connectivity index (χ0n) is 29.1. The van der Waals surface area contributed by atoms with Crippen LogP contribution in [0.4, 0.5) is 14.5 Å². The van der Waals surface area contributed by atoms with E-state index in [0.717, 1.165) is 31.9 Å². The zero-order chi connectivity index (χ0) is 36.8. The summed E-state index contributed by atoms with van der Waals surface area (Å²) in [5.74, 6) is -0.198. The van der Waals surface area contributed by atoms with Crippen molar-refractivity contribution >= 4 is 44.9 Å². The number of ether oxygens (including phenoxy) is 5. The third-order valence-electron chi connectivity index (χ3n) is 9.13. The number of para-hydroxylation sites is 1. The molecule has 2 N–H and O–H groups in total. The number of halogens is 4. The number of anilines is 1. The van der Waals surface area contributed by atoms with Crippen LogP contribution in [0.25, 0.3) is 0 Å². The average Bonchev–Trinajstić information content (AvgIpc) is 4.04. The molecule has 1 aliphatic heterocycles. The maximum Gasteiger partial charge on any atom is 0.387 e. The molecule has 0 amide bonds. The molecule has 0 bridgehead atoms. The first-order valence-electron chi connectivity index (χ1n) is 17.3. The van der Waals surface area contributed by atoms with Gasteiger partial charge in [-0.2, -0.15) is 8.78 Å². The molecule has 2 aliphatic carbocycles. The molecule has 53 heavy (non-hydrogen) atoms. The molecule has 3 aliphatic rings. The summed E-state index contributed by atoms with van der Waals surface area (Å²) in [5, 5.41) is 0.576. The number of hydrogen-bond acceptors (Lipinski definition) is 10. The Morgan fingerprint density at radius 3 is 2.28 bits per heavy atom. The Morgan fingerprint density at radius 2 is 1.66 bits per heavy atom. The molecule has 6 rings (SSSR count). The van der Waals surface area contributed by atoms with Crippen molar-refractivity contribution in [3.05, 3.63) is 75.5 Å². The minimum atomic E-state index is -3.82. The van der Waals surface area contributed by atoms with E-state index in [9.17, 15) is 22.0 Å². The normalized spacial score (nSPS) is 16.8.